The molecule has 4 atom stereocenters. The fraction of sp³-hybridized carbons (Fsp3) is 0.619. The number of carbonyl (C=O) groups excluding carboxylic acids is 2. The Bertz CT molecular complexity index is 792. The first-order chi connectivity index (χ1) is 14.1. The molecule has 7 nitrogen and oxygen atoms in total. The first-order valence-electron chi connectivity index (χ1n) is 10.4. The van der Waals surface area contributed by atoms with Crippen LogP contribution in [-0.4, -0.2) is 72.8 Å². The Balaban J connectivity index is 1.15. The molecule has 1 aliphatic carbocycles. The van der Waals surface area contributed by atoms with Gasteiger partial charge in [0.1, 0.15) is 12.4 Å². The van der Waals surface area contributed by atoms with Gasteiger partial charge in [0.25, 0.3) is 0 Å². The van der Waals surface area contributed by atoms with E-state index in [2.05, 4.69) is 5.32 Å². The number of ether oxygens (including phenoxy) is 2. The molecule has 0 radical (unpaired) electrons. The fourth-order valence-electron chi connectivity index (χ4n) is 5.29. The molecule has 8 heteroatoms. The summed E-state index contributed by atoms with van der Waals surface area (Å²) in [5.74, 6) is 1.59. The largest absolute Gasteiger partial charge is 0.489 e. The van der Waals surface area contributed by atoms with Crippen molar-refractivity contribution in [3.8, 4) is 5.75 Å². The fourth-order valence-corrected chi connectivity index (χ4v) is 5.47. The van der Waals surface area contributed by atoms with Gasteiger partial charge in [-0.2, -0.15) is 0 Å². The average molecular weight is 420 g/mol. The molecule has 3 saturated heterocycles. The minimum atomic E-state index is -0.0965. The first kappa shape index (κ1) is 19.0. The van der Waals surface area contributed by atoms with Gasteiger partial charge in [0.05, 0.1) is 23.3 Å². The Morgan fingerprint density at radius 2 is 1.90 bits per heavy atom. The maximum atomic E-state index is 13.1. The molecule has 5 rings (SSSR count). The summed E-state index contributed by atoms with van der Waals surface area (Å²) < 4.78 is 11.7. The van der Waals surface area contributed by atoms with Gasteiger partial charge in [0, 0.05) is 26.2 Å². The molecule has 1 aromatic rings. The number of benzene rings is 1. The number of nitrogens with one attached hydrogen (secondary N) is 1. The molecule has 2 unspecified atom stereocenters. The van der Waals surface area contributed by atoms with Gasteiger partial charge in [-0.25, -0.2) is 4.79 Å². The molecule has 1 aromatic carbocycles. The highest BCUT2D eigenvalue weighted by atomic mass is 35.5. The van der Waals surface area contributed by atoms with Gasteiger partial charge in [0.2, 0.25) is 5.91 Å². The summed E-state index contributed by atoms with van der Waals surface area (Å²) in [7, 11) is 0. The molecule has 3 amide bonds. The number of likely N-dealkylation sites (tertiary alicyclic amines) is 2. The van der Waals surface area contributed by atoms with Crippen LogP contribution in [-0.2, 0) is 9.53 Å². The number of amides is 3. The summed E-state index contributed by atoms with van der Waals surface area (Å²) in [4.78, 5) is 28.5. The minimum absolute atomic E-state index is 0.0254. The van der Waals surface area contributed by atoms with Crippen molar-refractivity contribution in [2.75, 3.05) is 32.8 Å². The van der Waals surface area contributed by atoms with Gasteiger partial charge in [0.15, 0.2) is 0 Å². The van der Waals surface area contributed by atoms with E-state index in [9.17, 15) is 9.59 Å². The summed E-state index contributed by atoms with van der Waals surface area (Å²) in [6, 6.07) is 7.57. The number of nitrogens with zero attached hydrogens (tertiary/aromatic N) is 2. The number of piperidine rings is 1. The lowest BCUT2D eigenvalue weighted by molar-refractivity contribution is -0.139. The molecular formula is C21H26ClN3O4. The number of rotatable bonds is 2. The first-order valence-corrected chi connectivity index (χ1v) is 10.8. The van der Waals surface area contributed by atoms with Crippen LogP contribution in [0.2, 0.25) is 5.02 Å². The molecule has 0 bridgehead atoms. The molecule has 0 aromatic heterocycles. The molecule has 29 heavy (non-hydrogen) atoms. The Labute approximate surface area is 175 Å². The van der Waals surface area contributed by atoms with E-state index in [4.69, 9.17) is 21.1 Å². The van der Waals surface area contributed by atoms with Gasteiger partial charge in [-0.05, 0) is 43.2 Å². The molecular weight excluding hydrogens is 394 g/mol. The summed E-state index contributed by atoms with van der Waals surface area (Å²) in [5.41, 5.74) is 0. The summed E-state index contributed by atoms with van der Waals surface area (Å²) in [6.45, 7) is 2.89. The number of fused-ring (bicyclic) bond motifs is 2. The lowest BCUT2D eigenvalue weighted by Gasteiger charge is -2.42. The topological polar surface area (TPSA) is 71.1 Å². The summed E-state index contributed by atoms with van der Waals surface area (Å²) in [6.07, 6.45) is 2.86. The molecule has 4 aliphatic rings. The lowest BCUT2D eigenvalue weighted by atomic mass is 10.0. The average Bonchev–Trinajstić information content (AvgIpc) is 3.27. The number of para-hydroxylation sites is 1. The SMILES string of the molecule is O=C1CO[C@H]2CCN(C(=O)N3CC4CC(Oc5ccccc5Cl)CC4C3)C[C@H]2N1. The second kappa shape index (κ2) is 7.69. The highest BCUT2D eigenvalue weighted by Gasteiger charge is 2.45. The minimum Gasteiger partial charge on any atom is -0.489 e. The maximum absolute atomic E-state index is 13.1. The number of urea groups is 1. The van der Waals surface area contributed by atoms with Gasteiger partial charge in [-0.3, -0.25) is 4.79 Å². The number of halogens is 1. The van der Waals surface area contributed by atoms with Gasteiger partial charge >= 0.3 is 6.03 Å². The zero-order valence-corrected chi connectivity index (χ0v) is 17.0. The molecule has 1 saturated carbocycles. The highest BCUT2D eigenvalue weighted by molar-refractivity contribution is 6.32. The number of hydrogen-bond donors (Lipinski definition) is 1. The van der Waals surface area contributed by atoms with Crippen molar-refractivity contribution in [3.05, 3.63) is 29.3 Å². The maximum Gasteiger partial charge on any atom is 0.320 e. The third-order valence-electron chi connectivity index (χ3n) is 6.70. The smallest absolute Gasteiger partial charge is 0.320 e. The van der Waals surface area contributed by atoms with E-state index >= 15 is 0 Å². The van der Waals surface area contributed by atoms with E-state index in [0.717, 1.165) is 38.1 Å². The monoisotopic (exact) mass is 419 g/mol. The number of morpholine rings is 1. The summed E-state index contributed by atoms with van der Waals surface area (Å²) in [5, 5.41) is 3.61. The van der Waals surface area contributed by atoms with Crippen LogP contribution in [0, 0.1) is 11.8 Å². The van der Waals surface area contributed by atoms with Crippen LogP contribution in [0.5, 0.6) is 5.75 Å². The van der Waals surface area contributed by atoms with E-state index in [-0.39, 0.29) is 36.8 Å². The Hall–Kier alpha value is -1.99. The van der Waals surface area contributed by atoms with E-state index in [1.54, 1.807) is 0 Å². The highest BCUT2D eigenvalue weighted by Crippen LogP contribution is 2.41. The Kier molecular flexibility index (Phi) is 5.04. The van der Waals surface area contributed by atoms with E-state index in [1.165, 1.54) is 0 Å². The van der Waals surface area contributed by atoms with Crippen molar-refractivity contribution in [2.24, 2.45) is 11.8 Å². The van der Waals surface area contributed by atoms with Crippen molar-refractivity contribution in [3.63, 3.8) is 0 Å². The normalized spacial score (nSPS) is 33.8. The van der Waals surface area contributed by atoms with Crippen LogP contribution in [0.15, 0.2) is 24.3 Å². The van der Waals surface area contributed by atoms with E-state index in [0.29, 0.717) is 29.9 Å². The summed E-state index contributed by atoms with van der Waals surface area (Å²) >= 11 is 6.21. The Morgan fingerprint density at radius 1 is 1.14 bits per heavy atom. The molecule has 4 fully saturated rings. The number of hydrogen-bond acceptors (Lipinski definition) is 4. The molecule has 156 valence electrons. The standard InChI is InChI=1S/C21H26ClN3O4/c22-16-3-1-2-4-18(16)29-15-7-13-9-25(10-14(13)8-15)21(27)24-6-5-19-17(11-24)23-20(26)12-28-19/h1-4,13-15,17,19H,5-12H2,(H,23,26)/t13?,14?,15?,17-,19+/m1/s1. The van der Waals surface area contributed by atoms with E-state index in [1.807, 2.05) is 34.1 Å². The quantitative estimate of drug-likeness (QED) is 0.797. The van der Waals surface area contributed by atoms with Crippen molar-refractivity contribution in [2.45, 2.75) is 37.5 Å². The lowest BCUT2D eigenvalue weighted by Crippen LogP contribution is -2.62. The van der Waals surface area contributed by atoms with Crippen LogP contribution in [0.3, 0.4) is 0 Å². The van der Waals surface area contributed by atoms with Gasteiger partial charge < -0.3 is 24.6 Å². The van der Waals surface area contributed by atoms with Crippen LogP contribution >= 0.6 is 11.6 Å². The third kappa shape index (κ3) is 3.78. The molecule has 0 spiro atoms. The van der Waals surface area contributed by atoms with Crippen molar-refractivity contribution < 1.29 is 19.1 Å². The zero-order valence-electron chi connectivity index (χ0n) is 16.3. The molecule has 3 aliphatic heterocycles. The van der Waals surface area contributed by atoms with Crippen molar-refractivity contribution in [1.82, 2.24) is 15.1 Å². The van der Waals surface area contributed by atoms with Crippen LogP contribution < -0.4 is 10.1 Å². The molecule has 3 heterocycles. The van der Waals surface area contributed by atoms with Crippen LogP contribution in [0.25, 0.3) is 0 Å². The van der Waals surface area contributed by atoms with Crippen LogP contribution in [0.1, 0.15) is 19.3 Å². The second-order valence-corrected chi connectivity index (χ2v) is 9.01. The third-order valence-corrected chi connectivity index (χ3v) is 7.02. The van der Waals surface area contributed by atoms with E-state index < -0.39 is 0 Å². The van der Waals surface area contributed by atoms with Crippen LogP contribution in [0.4, 0.5) is 4.79 Å². The second-order valence-electron chi connectivity index (χ2n) is 8.61. The van der Waals surface area contributed by atoms with Crippen molar-refractivity contribution >= 4 is 23.5 Å². The van der Waals surface area contributed by atoms with Gasteiger partial charge in [-0.1, -0.05) is 23.7 Å². The predicted octanol–water partition coefficient (Wildman–Crippen LogP) is 2.14. The van der Waals surface area contributed by atoms with Gasteiger partial charge in [-0.15, -0.1) is 0 Å². The predicted molar refractivity (Wildman–Crippen MR) is 107 cm³/mol. The van der Waals surface area contributed by atoms with Crippen molar-refractivity contribution in [1.29, 1.82) is 0 Å². The zero-order chi connectivity index (χ0) is 20.0. The Morgan fingerprint density at radius 3 is 2.66 bits per heavy atom. The number of carbonyl (C=O) groups is 2. The molecule has 1 N–H and O–H groups in total.